The van der Waals surface area contributed by atoms with Crippen molar-refractivity contribution in [3.05, 3.63) is 30.6 Å². The number of hydrogen-bond acceptors (Lipinski definition) is 4. The molecule has 1 aromatic heterocycles. The van der Waals surface area contributed by atoms with Crippen LogP contribution < -0.4 is 0 Å². The zero-order valence-corrected chi connectivity index (χ0v) is 11.4. The van der Waals surface area contributed by atoms with E-state index in [0.717, 1.165) is 28.8 Å². The molecule has 96 valence electrons. The number of para-hydroxylation sites is 1. The Hall–Kier alpha value is -1.60. The second-order valence-corrected chi connectivity index (χ2v) is 6.10. The van der Waals surface area contributed by atoms with Gasteiger partial charge in [0.25, 0.3) is 0 Å². The van der Waals surface area contributed by atoms with Gasteiger partial charge in [0.15, 0.2) is 0 Å². The summed E-state index contributed by atoms with van der Waals surface area (Å²) in [6.07, 6.45) is 6.16. The van der Waals surface area contributed by atoms with E-state index in [0.29, 0.717) is 5.25 Å². The van der Waals surface area contributed by atoms with E-state index in [1.54, 1.807) is 18.1 Å². The number of thioether (sulfide) groups is 1. The molecule has 2 aromatic rings. The predicted octanol–water partition coefficient (Wildman–Crippen LogP) is 3.80. The Morgan fingerprint density at radius 1 is 1.16 bits per heavy atom. The second-order valence-electron chi connectivity index (χ2n) is 4.87. The molecule has 1 aromatic carbocycles. The number of nitriles is 1. The highest BCUT2D eigenvalue weighted by molar-refractivity contribution is 8.00. The topological polar surface area (TPSA) is 49.6 Å². The molecular weight excluding hydrogens is 254 g/mol. The average Bonchev–Trinajstić information content (AvgIpc) is 2.48. The van der Waals surface area contributed by atoms with Crippen LogP contribution in [0.15, 0.2) is 35.6 Å². The molecule has 0 spiro atoms. The molecule has 3 rings (SSSR count). The highest BCUT2D eigenvalue weighted by Gasteiger charge is 2.26. The molecule has 1 fully saturated rings. The van der Waals surface area contributed by atoms with E-state index in [1.807, 2.05) is 18.2 Å². The molecule has 4 heteroatoms. The monoisotopic (exact) mass is 269 g/mol. The average molecular weight is 269 g/mol. The van der Waals surface area contributed by atoms with Crippen molar-refractivity contribution < 1.29 is 0 Å². The van der Waals surface area contributed by atoms with Crippen molar-refractivity contribution in [2.45, 2.75) is 36.0 Å². The summed E-state index contributed by atoms with van der Waals surface area (Å²) in [6.45, 7) is 0. The number of nitrogens with zero attached hydrogens (tertiary/aromatic N) is 3. The van der Waals surface area contributed by atoms with Gasteiger partial charge in [-0.15, -0.1) is 11.8 Å². The van der Waals surface area contributed by atoms with Crippen LogP contribution in [-0.2, 0) is 0 Å². The summed E-state index contributed by atoms with van der Waals surface area (Å²) < 4.78 is 0. The first-order chi connectivity index (χ1) is 9.38. The Kier molecular flexibility index (Phi) is 3.65. The minimum atomic E-state index is 0.160. The zero-order valence-electron chi connectivity index (χ0n) is 10.6. The number of aromatic nitrogens is 2. The lowest BCUT2D eigenvalue weighted by molar-refractivity contribution is 0.439. The van der Waals surface area contributed by atoms with Crippen LogP contribution in [0.5, 0.6) is 0 Å². The molecule has 0 amide bonds. The SMILES string of the molecule is N#CC1CCCCC1Sc1ncnc2ccccc12. The Balaban J connectivity index is 1.91. The van der Waals surface area contributed by atoms with Gasteiger partial charge in [-0.2, -0.15) is 5.26 Å². The van der Waals surface area contributed by atoms with Gasteiger partial charge >= 0.3 is 0 Å². The smallest absolute Gasteiger partial charge is 0.117 e. The summed E-state index contributed by atoms with van der Waals surface area (Å²) in [5.74, 6) is 0.160. The third-order valence-corrected chi connectivity index (χ3v) is 5.05. The van der Waals surface area contributed by atoms with Gasteiger partial charge < -0.3 is 0 Å². The van der Waals surface area contributed by atoms with E-state index < -0.39 is 0 Å². The fourth-order valence-electron chi connectivity index (χ4n) is 2.60. The molecule has 3 nitrogen and oxygen atoms in total. The molecule has 0 bridgehead atoms. The lowest BCUT2D eigenvalue weighted by Crippen LogP contribution is -2.20. The van der Waals surface area contributed by atoms with Crippen molar-refractivity contribution in [3.8, 4) is 6.07 Å². The van der Waals surface area contributed by atoms with E-state index in [2.05, 4.69) is 22.1 Å². The summed E-state index contributed by atoms with van der Waals surface area (Å²) in [7, 11) is 0. The molecule has 2 unspecified atom stereocenters. The molecule has 0 N–H and O–H groups in total. The highest BCUT2D eigenvalue weighted by atomic mass is 32.2. The first kappa shape index (κ1) is 12.4. The summed E-state index contributed by atoms with van der Waals surface area (Å²) in [5, 5.41) is 11.7. The minimum absolute atomic E-state index is 0.160. The van der Waals surface area contributed by atoms with Crippen LogP contribution in [0.25, 0.3) is 10.9 Å². The number of rotatable bonds is 2. The third kappa shape index (κ3) is 2.57. The predicted molar refractivity (Wildman–Crippen MR) is 76.8 cm³/mol. The number of benzene rings is 1. The van der Waals surface area contributed by atoms with E-state index in [4.69, 9.17) is 0 Å². The van der Waals surface area contributed by atoms with E-state index in [-0.39, 0.29) is 5.92 Å². The summed E-state index contributed by atoms with van der Waals surface area (Å²) in [6, 6.07) is 10.5. The summed E-state index contributed by atoms with van der Waals surface area (Å²) in [4.78, 5) is 8.70. The van der Waals surface area contributed by atoms with Crippen LogP contribution in [-0.4, -0.2) is 15.2 Å². The van der Waals surface area contributed by atoms with Crippen LogP contribution in [0.3, 0.4) is 0 Å². The van der Waals surface area contributed by atoms with Crippen molar-refractivity contribution in [2.75, 3.05) is 0 Å². The maximum Gasteiger partial charge on any atom is 0.117 e. The van der Waals surface area contributed by atoms with Gasteiger partial charge in [0.2, 0.25) is 0 Å². The maximum atomic E-state index is 9.26. The van der Waals surface area contributed by atoms with Crippen molar-refractivity contribution in [3.63, 3.8) is 0 Å². The zero-order chi connectivity index (χ0) is 13.1. The van der Waals surface area contributed by atoms with Crippen molar-refractivity contribution in [1.29, 1.82) is 5.26 Å². The van der Waals surface area contributed by atoms with Gasteiger partial charge in [0, 0.05) is 10.6 Å². The van der Waals surface area contributed by atoms with Crippen LogP contribution in [0, 0.1) is 17.2 Å². The molecular formula is C15H15N3S. The maximum absolute atomic E-state index is 9.26. The molecule has 0 radical (unpaired) electrons. The van der Waals surface area contributed by atoms with Gasteiger partial charge in [-0.25, -0.2) is 9.97 Å². The molecule has 19 heavy (non-hydrogen) atoms. The fourth-order valence-corrected chi connectivity index (χ4v) is 3.94. The van der Waals surface area contributed by atoms with Crippen molar-refractivity contribution in [1.82, 2.24) is 9.97 Å². The Bertz CT molecular complexity index is 615. The normalized spacial score (nSPS) is 23.1. The van der Waals surface area contributed by atoms with Crippen LogP contribution >= 0.6 is 11.8 Å². The lowest BCUT2D eigenvalue weighted by Gasteiger charge is -2.25. The quantitative estimate of drug-likeness (QED) is 0.778. The number of hydrogen-bond donors (Lipinski definition) is 0. The van der Waals surface area contributed by atoms with Gasteiger partial charge in [0.05, 0.1) is 17.5 Å². The molecule has 0 aliphatic heterocycles. The van der Waals surface area contributed by atoms with Gasteiger partial charge in [0.1, 0.15) is 11.4 Å². The van der Waals surface area contributed by atoms with Crippen molar-refractivity contribution in [2.24, 2.45) is 5.92 Å². The molecule has 0 saturated heterocycles. The van der Waals surface area contributed by atoms with Gasteiger partial charge in [-0.1, -0.05) is 31.0 Å². The first-order valence-corrected chi connectivity index (χ1v) is 7.52. The summed E-state index contributed by atoms with van der Waals surface area (Å²) in [5.41, 5.74) is 0.976. The lowest BCUT2D eigenvalue weighted by atomic mass is 9.90. The Labute approximate surface area is 117 Å². The van der Waals surface area contributed by atoms with E-state index in [1.165, 1.54) is 12.8 Å². The minimum Gasteiger partial charge on any atom is -0.236 e. The van der Waals surface area contributed by atoms with Crippen molar-refractivity contribution >= 4 is 22.7 Å². The first-order valence-electron chi connectivity index (χ1n) is 6.64. The number of fused-ring (bicyclic) bond motifs is 1. The van der Waals surface area contributed by atoms with Gasteiger partial charge in [-0.3, -0.25) is 0 Å². The Morgan fingerprint density at radius 3 is 2.89 bits per heavy atom. The largest absolute Gasteiger partial charge is 0.236 e. The van der Waals surface area contributed by atoms with Crippen LogP contribution in [0.1, 0.15) is 25.7 Å². The van der Waals surface area contributed by atoms with E-state index >= 15 is 0 Å². The molecule has 1 aliphatic carbocycles. The van der Waals surface area contributed by atoms with Crippen LogP contribution in [0.2, 0.25) is 0 Å². The highest BCUT2D eigenvalue weighted by Crippen LogP contribution is 2.38. The van der Waals surface area contributed by atoms with Gasteiger partial charge in [-0.05, 0) is 18.9 Å². The molecule has 1 heterocycles. The van der Waals surface area contributed by atoms with E-state index in [9.17, 15) is 5.26 Å². The fraction of sp³-hybridized carbons (Fsp3) is 0.400. The van der Waals surface area contributed by atoms with Crippen LogP contribution in [0.4, 0.5) is 0 Å². The standard InChI is InChI=1S/C15H15N3S/c16-9-11-5-1-4-8-14(11)19-15-12-6-2-3-7-13(12)17-10-18-15/h2-3,6-7,10-11,14H,1,4-5,8H2. The Morgan fingerprint density at radius 2 is 2.00 bits per heavy atom. The molecule has 2 atom stereocenters. The third-order valence-electron chi connectivity index (χ3n) is 3.64. The summed E-state index contributed by atoms with van der Waals surface area (Å²) >= 11 is 1.75. The molecule has 1 aliphatic rings. The second kappa shape index (κ2) is 5.58. The molecule has 1 saturated carbocycles.